The summed E-state index contributed by atoms with van der Waals surface area (Å²) in [6.45, 7) is 1.50. The van der Waals surface area contributed by atoms with Crippen LogP contribution in [0.2, 0.25) is 8.67 Å². The first-order valence-corrected chi connectivity index (χ1v) is 4.94. The zero-order valence-electron chi connectivity index (χ0n) is 6.67. The summed E-state index contributed by atoms with van der Waals surface area (Å²) in [5, 5.41) is 8.60. The lowest BCUT2D eigenvalue weighted by atomic mass is 10.2. The lowest BCUT2D eigenvalue weighted by Gasteiger charge is -1.91. The Hall–Kier alpha value is -0.510. The topological polar surface area (TPSA) is 37.3 Å². The van der Waals surface area contributed by atoms with Crippen molar-refractivity contribution in [3.63, 3.8) is 0 Å². The van der Waals surface area contributed by atoms with Gasteiger partial charge < -0.3 is 5.11 Å². The Bertz CT molecular complexity index is 368. The van der Waals surface area contributed by atoms with Gasteiger partial charge >= 0.3 is 5.97 Å². The van der Waals surface area contributed by atoms with Crippen LogP contribution in [0, 0.1) is 0 Å². The van der Waals surface area contributed by atoms with E-state index >= 15 is 0 Å². The number of hydrogen-bond donors (Lipinski definition) is 1. The minimum absolute atomic E-state index is 0.233. The van der Waals surface area contributed by atoms with Crippen molar-refractivity contribution >= 4 is 46.6 Å². The van der Waals surface area contributed by atoms with Gasteiger partial charge in [0.1, 0.15) is 4.34 Å². The van der Waals surface area contributed by atoms with Crippen molar-refractivity contribution in [1.29, 1.82) is 0 Å². The molecule has 0 spiro atoms. The van der Waals surface area contributed by atoms with E-state index in [2.05, 4.69) is 0 Å². The second-order valence-corrected chi connectivity index (χ2v) is 4.70. The number of hydrogen-bond acceptors (Lipinski definition) is 2. The summed E-state index contributed by atoms with van der Waals surface area (Å²) in [6.07, 6.45) is 1.49. The average molecular weight is 237 g/mol. The van der Waals surface area contributed by atoms with Crippen LogP contribution in [0.4, 0.5) is 0 Å². The van der Waals surface area contributed by atoms with Crippen molar-refractivity contribution in [1.82, 2.24) is 0 Å². The maximum atomic E-state index is 10.5. The predicted octanol–water partition coefficient (Wildman–Crippen LogP) is 3.54. The monoisotopic (exact) mass is 236 g/mol. The number of carbonyl (C=O) groups is 1. The molecule has 0 unspecified atom stereocenters. The van der Waals surface area contributed by atoms with Gasteiger partial charge in [0.2, 0.25) is 0 Å². The minimum atomic E-state index is -0.960. The fourth-order valence-electron chi connectivity index (χ4n) is 0.746. The molecule has 0 aromatic carbocycles. The van der Waals surface area contributed by atoms with E-state index in [-0.39, 0.29) is 5.57 Å². The molecule has 0 bridgehead atoms. The molecule has 0 fully saturated rings. The smallest absolute Gasteiger partial charge is 0.331 e. The molecule has 0 aliphatic carbocycles. The molecule has 2 nitrogen and oxygen atoms in total. The highest BCUT2D eigenvalue weighted by Crippen LogP contribution is 2.32. The summed E-state index contributed by atoms with van der Waals surface area (Å²) in [5.41, 5.74) is 0.882. The maximum absolute atomic E-state index is 10.5. The maximum Gasteiger partial charge on any atom is 0.331 e. The van der Waals surface area contributed by atoms with Crippen LogP contribution < -0.4 is 0 Å². The Morgan fingerprint density at radius 2 is 2.23 bits per heavy atom. The van der Waals surface area contributed by atoms with E-state index in [0.717, 1.165) is 0 Å². The van der Waals surface area contributed by atoms with Crippen molar-refractivity contribution < 1.29 is 9.90 Å². The highest BCUT2D eigenvalue weighted by molar-refractivity contribution is 7.20. The van der Waals surface area contributed by atoms with E-state index in [9.17, 15) is 4.79 Å². The summed E-state index contributed by atoms with van der Waals surface area (Å²) in [4.78, 5) is 10.5. The first kappa shape index (κ1) is 10.6. The third-order valence-corrected chi connectivity index (χ3v) is 2.91. The van der Waals surface area contributed by atoms with Gasteiger partial charge in [-0.25, -0.2) is 4.79 Å². The molecule has 1 heterocycles. The molecule has 13 heavy (non-hydrogen) atoms. The summed E-state index contributed by atoms with van der Waals surface area (Å²) in [6, 6.07) is 1.64. The average Bonchev–Trinajstić information content (AvgIpc) is 2.30. The number of halogens is 2. The highest BCUT2D eigenvalue weighted by Gasteiger charge is 2.06. The number of carboxylic acid groups (broad SMARTS) is 1. The summed E-state index contributed by atoms with van der Waals surface area (Å²) in [7, 11) is 0. The van der Waals surface area contributed by atoms with Crippen molar-refractivity contribution in [2.24, 2.45) is 0 Å². The number of thiophene rings is 1. The lowest BCUT2D eigenvalue weighted by molar-refractivity contribution is -0.132. The van der Waals surface area contributed by atoms with Crippen LogP contribution in [-0.4, -0.2) is 11.1 Å². The molecule has 0 aliphatic rings. The number of rotatable bonds is 2. The molecule has 70 valence electrons. The summed E-state index contributed by atoms with van der Waals surface area (Å²) in [5.74, 6) is -0.960. The third kappa shape index (κ3) is 2.72. The van der Waals surface area contributed by atoms with Crippen molar-refractivity contribution in [2.45, 2.75) is 6.92 Å². The van der Waals surface area contributed by atoms with E-state index < -0.39 is 5.97 Å². The quantitative estimate of drug-likeness (QED) is 0.798. The molecule has 0 saturated heterocycles. The molecule has 1 aromatic rings. The summed E-state index contributed by atoms with van der Waals surface area (Å²) >= 11 is 12.7. The SMILES string of the molecule is CC(=Cc1cc(Cl)sc1Cl)C(=O)O. The van der Waals surface area contributed by atoms with Gasteiger partial charge in [-0.15, -0.1) is 11.3 Å². The third-order valence-electron chi connectivity index (χ3n) is 1.39. The normalized spacial score (nSPS) is 11.8. The molecular weight excluding hydrogens is 231 g/mol. The molecule has 0 atom stereocenters. The molecular formula is C8H6Cl2O2S. The van der Waals surface area contributed by atoms with E-state index in [1.165, 1.54) is 24.3 Å². The van der Waals surface area contributed by atoms with E-state index in [4.69, 9.17) is 28.3 Å². The van der Waals surface area contributed by atoms with Crippen LogP contribution in [0.1, 0.15) is 12.5 Å². The summed E-state index contributed by atoms with van der Waals surface area (Å²) < 4.78 is 1.06. The van der Waals surface area contributed by atoms with Crippen LogP contribution in [-0.2, 0) is 4.79 Å². The fraction of sp³-hybridized carbons (Fsp3) is 0.125. The Balaban J connectivity index is 3.03. The second kappa shape index (κ2) is 4.13. The van der Waals surface area contributed by atoms with E-state index in [1.54, 1.807) is 6.07 Å². The van der Waals surface area contributed by atoms with Crippen molar-refractivity contribution in [3.8, 4) is 0 Å². The van der Waals surface area contributed by atoms with E-state index in [1.807, 2.05) is 0 Å². The lowest BCUT2D eigenvalue weighted by Crippen LogP contribution is -1.94. The molecule has 1 aromatic heterocycles. The second-order valence-electron chi connectivity index (χ2n) is 2.41. The largest absolute Gasteiger partial charge is 0.478 e. The van der Waals surface area contributed by atoms with Gasteiger partial charge in [0, 0.05) is 11.1 Å². The van der Waals surface area contributed by atoms with Gasteiger partial charge in [-0.05, 0) is 19.1 Å². The standard InChI is InChI=1S/C8H6Cl2O2S/c1-4(8(11)12)2-5-3-6(9)13-7(5)10/h2-3H,1H3,(H,11,12). The Morgan fingerprint density at radius 1 is 1.62 bits per heavy atom. The van der Waals surface area contributed by atoms with Gasteiger partial charge in [0.25, 0.3) is 0 Å². The van der Waals surface area contributed by atoms with Crippen LogP contribution in [0.5, 0.6) is 0 Å². The first-order valence-electron chi connectivity index (χ1n) is 3.37. The Morgan fingerprint density at radius 3 is 2.62 bits per heavy atom. The number of aliphatic carboxylic acids is 1. The van der Waals surface area contributed by atoms with Gasteiger partial charge in [-0.3, -0.25) is 0 Å². The van der Waals surface area contributed by atoms with E-state index in [0.29, 0.717) is 14.2 Å². The van der Waals surface area contributed by atoms with Gasteiger partial charge in [-0.1, -0.05) is 23.2 Å². The minimum Gasteiger partial charge on any atom is -0.478 e. The van der Waals surface area contributed by atoms with Crippen LogP contribution >= 0.6 is 34.5 Å². The Kier molecular flexibility index (Phi) is 3.36. The number of carboxylic acids is 1. The first-order chi connectivity index (χ1) is 6.00. The Labute approximate surface area is 89.4 Å². The molecule has 0 radical (unpaired) electrons. The van der Waals surface area contributed by atoms with Gasteiger partial charge in [0.15, 0.2) is 0 Å². The molecule has 1 rings (SSSR count). The van der Waals surface area contributed by atoms with Crippen LogP contribution in [0.3, 0.4) is 0 Å². The molecule has 0 amide bonds. The van der Waals surface area contributed by atoms with Gasteiger partial charge in [-0.2, -0.15) is 0 Å². The highest BCUT2D eigenvalue weighted by atomic mass is 35.5. The van der Waals surface area contributed by atoms with Crippen LogP contribution in [0.15, 0.2) is 11.6 Å². The zero-order valence-corrected chi connectivity index (χ0v) is 9.00. The predicted molar refractivity (Wildman–Crippen MR) is 55.6 cm³/mol. The van der Waals surface area contributed by atoms with Crippen molar-refractivity contribution in [3.05, 3.63) is 25.9 Å². The van der Waals surface area contributed by atoms with Crippen LogP contribution in [0.25, 0.3) is 6.08 Å². The molecule has 0 aliphatic heterocycles. The molecule has 1 N–H and O–H groups in total. The fourth-order valence-corrected chi connectivity index (χ4v) is 2.17. The molecule has 5 heteroatoms. The van der Waals surface area contributed by atoms with Crippen molar-refractivity contribution in [2.75, 3.05) is 0 Å². The zero-order chi connectivity index (χ0) is 10.0. The molecule has 0 saturated carbocycles. The van der Waals surface area contributed by atoms with Gasteiger partial charge in [0.05, 0.1) is 4.34 Å².